The Labute approximate surface area is 195 Å². The van der Waals surface area contributed by atoms with Gasteiger partial charge in [-0.25, -0.2) is 0 Å². The van der Waals surface area contributed by atoms with Crippen LogP contribution in [-0.2, 0) is 4.74 Å². The molecule has 0 bridgehead atoms. The van der Waals surface area contributed by atoms with Crippen molar-refractivity contribution in [1.82, 2.24) is 19.9 Å². The molecule has 0 spiro atoms. The monoisotopic (exact) mass is 472 g/mol. The molecule has 11 heteroatoms. The van der Waals surface area contributed by atoms with Crippen LogP contribution in [0.2, 0.25) is 5.02 Å². The summed E-state index contributed by atoms with van der Waals surface area (Å²) in [6.07, 6.45) is 1.68. The quantitative estimate of drug-likeness (QED) is 0.517. The molecule has 3 N–H and O–H groups in total. The van der Waals surface area contributed by atoms with Crippen LogP contribution in [0, 0.1) is 0 Å². The number of halogens is 1. The Hall–Kier alpha value is -3.24. The van der Waals surface area contributed by atoms with Crippen LogP contribution in [0.1, 0.15) is 24.2 Å². The van der Waals surface area contributed by atoms with Gasteiger partial charge in [0.1, 0.15) is 24.7 Å². The summed E-state index contributed by atoms with van der Waals surface area (Å²) < 4.78 is 17.1. The third kappa shape index (κ3) is 4.23. The summed E-state index contributed by atoms with van der Waals surface area (Å²) in [6.45, 7) is 6.94. The molecule has 1 fully saturated rings. The zero-order chi connectivity index (χ0) is 22.9. The minimum absolute atomic E-state index is 0.103. The van der Waals surface area contributed by atoms with E-state index in [0.717, 1.165) is 5.39 Å². The Bertz CT molecular complexity index is 1190. The summed E-state index contributed by atoms with van der Waals surface area (Å²) in [5.41, 5.74) is 1.67. The van der Waals surface area contributed by atoms with Crippen LogP contribution in [-0.4, -0.2) is 71.3 Å². The third-order valence-electron chi connectivity index (χ3n) is 5.37. The Balaban J connectivity index is 1.50. The van der Waals surface area contributed by atoms with E-state index >= 15 is 0 Å². The molecular formula is C22H25ClN6O4. The molecule has 4 heterocycles. The minimum atomic E-state index is -0.103. The zero-order valence-electron chi connectivity index (χ0n) is 18.4. The molecule has 5 rings (SSSR count). The maximum Gasteiger partial charge on any atom is 0.257 e. The van der Waals surface area contributed by atoms with Crippen molar-refractivity contribution in [2.75, 3.05) is 50.2 Å². The van der Waals surface area contributed by atoms with E-state index in [1.54, 1.807) is 23.2 Å². The lowest BCUT2D eigenvalue weighted by Crippen LogP contribution is -2.41. The van der Waals surface area contributed by atoms with Crippen molar-refractivity contribution in [2.24, 2.45) is 0 Å². The number of fused-ring (bicyclic) bond motifs is 2. The van der Waals surface area contributed by atoms with Crippen molar-refractivity contribution in [3.8, 4) is 11.5 Å². The van der Waals surface area contributed by atoms with Gasteiger partial charge in [-0.2, -0.15) is 9.97 Å². The summed E-state index contributed by atoms with van der Waals surface area (Å²) in [6, 6.07) is 3.67. The molecular weight excluding hydrogens is 448 g/mol. The number of carbonyl (C=O) groups excluding carboxylic acids is 1. The van der Waals surface area contributed by atoms with Gasteiger partial charge in [0.2, 0.25) is 5.95 Å². The van der Waals surface area contributed by atoms with E-state index < -0.39 is 0 Å². The molecule has 0 aliphatic carbocycles. The van der Waals surface area contributed by atoms with E-state index in [1.165, 1.54) is 0 Å². The van der Waals surface area contributed by atoms with Crippen LogP contribution >= 0.6 is 11.6 Å². The zero-order valence-corrected chi connectivity index (χ0v) is 19.2. The first-order valence-corrected chi connectivity index (χ1v) is 11.3. The highest BCUT2D eigenvalue weighted by atomic mass is 35.5. The molecule has 0 radical (unpaired) electrons. The number of rotatable bonds is 5. The summed E-state index contributed by atoms with van der Waals surface area (Å²) in [5.74, 6) is 1.76. The smallest absolute Gasteiger partial charge is 0.257 e. The predicted octanol–water partition coefficient (Wildman–Crippen LogP) is 3.42. The molecule has 0 saturated carbocycles. The average Bonchev–Trinajstić information content (AvgIpc) is 3.20. The molecule has 0 unspecified atom stereocenters. The van der Waals surface area contributed by atoms with E-state index in [9.17, 15) is 4.79 Å². The number of amides is 1. The van der Waals surface area contributed by atoms with Crippen LogP contribution in [0.5, 0.6) is 11.5 Å². The van der Waals surface area contributed by atoms with E-state index in [2.05, 4.69) is 25.6 Å². The average molecular weight is 473 g/mol. The SMILES string of the molecule is CC(C)Nc1nc(Nc2ccc(C(=O)N3CCOCC3)c3c2OCCO3)nc2[nH]cc(Cl)c12. The molecule has 10 nitrogen and oxygen atoms in total. The number of aromatic nitrogens is 3. The Morgan fingerprint density at radius 1 is 1.12 bits per heavy atom. The Morgan fingerprint density at radius 2 is 1.88 bits per heavy atom. The first kappa shape index (κ1) is 21.6. The topological polar surface area (TPSA) is 114 Å². The van der Waals surface area contributed by atoms with Crippen molar-refractivity contribution < 1.29 is 19.0 Å². The summed E-state index contributed by atoms with van der Waals surface area (Å²) >= 11 is 6.33. The number of hydrogen-bond acceptors (Lipinski definition) is 8. The molecule has 0 atom stereocenters. The van der Waals surface area contributed by atoms with Gasteiger partial charge in [-0.1, -0.05) is 11.6 Å². The van der Waals surface area contributed by atoms with Crippen LogP contribution in [0.4, 0.5) is 17.5 Å². The molecule has 1 aromatic carbocycles. The molecule has 2 aliphatic heterocycles. The second-order valence-electron chi connectivity index (χ2n) is 8.10. The number of hydrogen-bond donors (Lipinski definition) is 3. The summed E-state index contributed by atoms with van der Waals surface area (Å²) in [4.78, 5) is 27.1. The number of carbonyl (C=O) groups is 1. The predicted molar refractivity (Wildman–Crippen MR) is 125 cm³/mol. The number of anilines is 3. The molecule has 2 aromatic heterocycles. The van der Waals surface area contributed by atoms with Crippen molar-refractivity contribution >= 4 is 46.0 Å². The van der Waals surface area contributed by atoms with Crippen molar-refractivity contribution in [2.45, 2.75) is 19.9 Å². The molecule has 1 saturated heterocycles. The van der Waals surface area contributed by atoms with Gasteiger partial charge in [-0.15, -0.1) is 0 Å². The van der Waals surface area contributed by atoms with Gasteiger partial charge < -0.3 is 34.7 Å². The third-order valence-corrected chi connectivity index (χ3v) is 5.67. The van der Waals surface area contributed by atoms with Gasteiger partial charge in [0.05, 0.1) is 34.9 Å². The first-order valence-electron chi connectivity index (χ1n) is 10.9. The Morgan fingerprint density at radius 3 is 2.64 bits per heavy atom. The normalized spacial score (nSPS) is 15.7. The highest BCUT2D eigenvalue weighted by Crippen LogP contribution is 2.42. The molecule has 33 heavy (non-hydrogen) atoms. The van der Waals surface area contributed by atoms with E-state index in [-0.39, 0.29) is 11.9 Å². The number of ether oxygens (including phenoxy) is 3. The van der Waals surface area contributed by atoms with Crippen LogP contribution in [0.25, 0.3) is 11.0 Å². The first-order chi connectivity index (χ1) is 16.0. The van der Waals surface area contributed by atoms with E-state index in [1.807, 2.05) is 13.8 Å². The lowest BCUT2D eigenvalue weighted by Gasteiger charge is -2.29. The maximum atomic E-state index is 13.1. The van der Waals surface area contributed by atoms with Crippen molar-refractivity contribution in [3.05, 3.63) is 28.9 Å². The lowest BCUT2D eigenvalue weighted by molar-refractivity contribution is 0.0298. The fraction of sp³-hybridized carbons (Fsp3) is 0.409. The van der Waals surface area contributed by atoms with Gasteiger partial charge in [0.15, 0.2) is 11.5 Å². The van der Waals surface area contributed by atoms with E-state index in [0.29, 0.717) is 84.7 Å². The van der Waals surface area contributed by atoms with Crippen LogP contribution in [0.15, 0.2) is 18.3 Å². The summed E-state index contributed by atoms with van der Waals surface area (Å²) in [5, 5.41) is 7.80. The number of H-pyrrole nitrogens is 1. The number of benzene rings is 1. The second kappa shape index (κ2) is 8.95. The van der Waals surface area contributed by atoms with Crippen LogP contribution in [0.3, 0.4) is 0 Å². The molecule has 1 amide bonds. The highest BCUT2D eigenvalue weighted by molar-refractivity contribution is 6.36. The fourth-order valence-electron chi connectivity index (χ4n) is 3.89. The second-order valence-corrected chi connectivity index (χ2v) is 8.51. The fourth-order valence-corrected chi connectivity index (χ4v) is 4.12. The molecule has 2 aliphatic rings. The summed E-state index contributed by atoms with van der Waals surface area (Å²) in [7, 11) is 0. The number of nitrogens with zero attached hydrogens (tertiary/aromatic N) is 3. The van der Waals surface area contributed by atoms with Gasteiger partial charge in [-0.05, 0) is 26.0 Å². The van der Waals surface area contributed by atoms with Gasteiger partial charge in [-0.3, -0.25) is 4.79 Å². The molecule has 174 valence electrons. The van der Waals surface area contributed by atoms with Gasteiger partial charge in [0, 0.05) is 25.3 Å². The van der Waals surface area contributed by atoms with Gasteiger partial charge >= 0.3 is 0 Å². The maximum absolute atomic E-state index is 13.1. The number of nitrogens with one attached hydrogen (secondary N) is 3. The van der Waals surface area contributed by atoms with E-state index in [4.69, 9.17) is 25.8 Å². The number of morpholine rings is 1. The van der Waals surface area contributed by atoms with Crippen molar-refractivity contribution in [3.63, 3.8) is 0 Å². The standard InChI is InChI=1S/C22H25ClN6O4/c1-12(2)25-20-16-14(23)11-24-19(16)27-22(28-20)26-15-4-3-13(17-18(15)33-10-9-32-17)21(30)29-5-7-31-8-6-29/h3-4,11-12H,5-10H2,1-2H3,(H3,24,25,26,27,28). The van der Waals surface area contributed by atoms with Crippen molar-refractivity contribution in [1.29, 1.82) is 0 Å². The van der Waals surface area contributed by atoms with Gasteiger partial charge in [0.25, 0.3) is 5.91 Å². The number of aromatic amines is 1. The molecule has 3 aromatic rings. The lowest BCUT2D eigenvalue weighted by atomic mass is 10.1. The minimum Gasteiger partial charge on any atom is -0.485 e. The van der Waals surface area contributed by atoms with Crippen LogP contribution < -0.4 is 20.1 Å². The highest BCUT2D eigenvalue weighted by Gasteiger charge is 2.28. The Kier molecular flexibility index (Phi) is 5.86. The largest absolute Gasteiger partial charge is 0.485 e.